The van der Waals surface area contributed by atoms with Crippen molar-refractivity contribution in [3.63, 3.8) is 0 Å². The van der Waals surface area contributed by atoms with Gasteiger partial charge in [-0.2, -0.15) is 13.2 Å². The third-order valence-corrected chi connectivity index (χ3v) is 4.36. The molecular weight excluding hydrogens is 335 g/mol. The van der Waals surface area contributed by atoms with Crippen LogP contribution < -0.4 is 5.32 Å². The van der Waals surface area contributed by atoms with Crippen molar-refractivity contribution < 1.29 is 22.4 Å². The van der Waals surface area contributed by atoms with Gasteiger partial charge in [0, 0.05) is 6.54 Å². The molecule has 1 atom stereocenters. The van der Waals surface area contributed by atoms with Crippen molar-refractivity contribution >= 4 is 25.0 Å². The standard InChI is InChI=1S/C17H20F3NO2Si/c1-24(2,3)23-15(11-21-16(22)17(18,19)20)14-10-6-8-12-7-4-5-9-13(12)14/h4-10,15H,11H2,1-3H3,(H,21,22)/t15-/m1/s1. The van der Waals surface area contributed by atoms with Crippen LogP contribution in [0.4, 0.5) is 13.2 Å². The van der Waals surface area contributed by atoms with Crippen molar-refractivity contribution in [2.45, 2.75) is 31.9 Å². The predicted octanol–water partition coefficient (Wildman–Crippen LogP) is 4.41. The maximum absolute atomic E-state index is 12.4. The van der Waals surface area contributed by atoms with E-state index in [9.17, 15) is 18.0 Å². The number of alkyl halides is 3. The summed E-state index contributed by atoms with van der Waals surface area (Å²) in [6.07, 6.45) is -5.53. The van der Waals surface area contributed by atoms with Crippen LogP contribution in [-0.4, -0.2) is 26.9 Å². The highest BCUT2D eigenvalue weighted by Gasteiger charge is 2.39. The summed E-state index contributed by atoms with van der Waals surface area (Å²) in [5, 5.41) is 3.82. The molecule has 2 rings (SSSR count). The minimum Gasteiger partial charge on any atom is -0.409 e. The highest BCUT2D eigenvalue weighted by molar-refractivity contribution is 6.69. The fourth-order valence-corrected chi connectivity index (χ4v) is 3.52. The van der Waals surface area contributed by atoms with E-state index in [1.54, 1.807) is 0 Å². The molecule has 2 aromatic rings. The Kier molecular flexibility index (Phi) is 5.34. The summed E-state index contributed by atoms with van der Waals surface area (Å²) in [5.74, 6) is -1.95. The molecule has 2 aromatic carbocycles. The summed E-state index contributed by atoms with van der Waals surface area (Å²) in [7, 11) is -2.04. The van der Waals surface area contributed by atoms with E-state index in [-0.39, 0.29) is 6.54 Å². The number of carbonyl (C=O) groups is 1. The lowest BCUT2D eigenvalue weighted by Gasteiger charge is -2.28. The largest absolute Gasteiger partial charge is 0.471 e. The summed E-state index contributed by atoms with van der Waals surface area (Å²) in [6, 6.07) is 13.2. The lowest BCUT2D eigenvalue weighted by Crippen LogP contribution is -2.41. The van der Waals surface area contributed by atoms with Crippen molar-refractivity contribution in [1.82, 2.24) is 5.32 Å². The number of hydrogen-bond acceptors (Lipinski definition) is 2. The van der Waals surface area contributed by atoms with Crippen molar-refractivity contribution in [3.8, 4) is 0 Å². The molecule has 0 spiro atoms. The van der Waals surface area contributed by atoms with Gasteiger partial charge in [0.2, 0.25) is 0 Å². The normalized spacial score (nSPS) is 13.8. The fraction of sp³-hybridized carbons (Fsp3) is 0.353. The summed E-state index contributed by atoms with van der Waals surface area (Å²) in [5.41, 5.74) is 0.776. The molecule has 24 heavy (non-hydrogen) atoms. The van der Waals surface area contributed by atoms with Crippen LogP contribution in [0.5, 0.6) is 0 Å². The van der Waals surface area contributed by atoms with Gasteiger partial charge >= 0.3 is 12.1 Å². The van der Waals surface area contributed by atoms with Crippen LogP contribution in [0.1, 0.15) is 11.7 Å². The summed E-state index contributed by atoms with van der Waals surface area (Å²) < 4.78 is 43.4. The number of hydrogen-bond donors (Lipinski definition) is 1. The molecule has 0 bridgehead atoms. The van der Waals surface area contributed by atoms with E-state index >= 15 is 0 Å². The molecular formula is C17H20F3NO2Si. The molecule has 0 fully saturated rings. The van der Waals surface area contributed by atoms with Crippen LogP contribution in [-0.2, 0) is 9.22 Å². The topological polar surface area (TPSA) is 38.3 Å². The average Bonchev–Trinajstić information content (AvgIpc) is 2.48. The maximum Gasteiger partial charge on any atom is 0.471 e. The average molecular weight is 355 g/mol. The number of carbonyl (C=O) groups excluding carboxylic acids is 1. The Bertz CT molecular complexity index is 720. The number of nitrogens with one attached hydrogen (secondary N) is 1. The molecule has 3 nitrogen and oxygen atoms in total. The first-order valence-corrected chi connectivity index (χ1v) is 11.0. The lowest BCUT2D eigenvalue weighted by molar-refractivity contribution is -0.173. The van der Waals surface area contributed by atoms with E-state index in [2.05, 4.69) is 0 Å². The van der Waals surface area contributed by atoms with Crippen LogP contribution in [0, 0.1) is 0 Å². The van der Waals surface area contributed by atoms with Crippen LogP contribution in [0.15, 0.2) is 42.5 Å². The highest BCUT2D eigenvalue weighted by Crippen LogP contribution is 2.29. The zero-order valence-corrected chi connectivity index (χ0v) is 14.8. The van der Waals surface area contributed by atoms with Gasteiger partial charge in [-0.25, -0.2) is 0 Å². The highest BCUT2D eigenvalue weighted by atomic mass is 28.4. The molecule has 0 aliphatic carbocycles. The van der Waals surface area contributed by atoms with Gasteiger partial charge in [-0.1, -0.05) is 42.5 Å². The molecule has 7 heteroatoms. The third-order valence-electron chi connectivity index (χ3n) is 3.37. The minimum atomic E-state index is -4.90. The van der Waals surface area contributed by atoms with Crippen LogP contribution >= 0.6 is 0 Å². The van der Waals surface area contributed by atoms with Crippen LogP contribution in [0.25, 0.3) is 10.8 Å². The molecule has 0 aromatic heterocycles. The molecule has 0 heterocycles. The number of rotatable bonds is 5. The van der Waals surface area contributed by atoms with Crippen molar-refractivity contribution in [2.24, 2.45) is 0 Å². The molecule has 0 saturated carbocycles. The van der Waals surface area contributed by atoms with E-state index in [4.69, 9.17) is 4.43 Å². The Hall–Kier alpha value is -1.86. The van der Waals surface area contributed by atoms with E-state index < -0.39 is 26.5 Å². The SMILES string of the molecule is C[Si](C)(C)O[C@H](CNC(=O)C(F)(F)F)c1cccc2ccccc12. The van der Waals surface area contributed by atoms with E-state index in [1.807, 2.05) is 67.4 Å². The van der Waals surface area contributed by atoms with Gasteiger partial charge in [-0.05, 0) is 36.0 Å². The number of halogens is 3. The van der Waals surface area contributed by atoms with Gasteiger partial charge in [-0.3, -0.25) is 4.79 Å². The second kappa shape index (κ2) is 6.94. The Labute approximate surface area is 139 Å². The molecule has 0 saturated heterocycles. The Balaban J connectivity index is 2.33. The minimum absolute atomic E-state index is 0.226. The van der Waals surface area contributed by atoms with Crippen molar-refractivity contribution in [3.05, 3.63) is 48.0 Å². The molecule has 130 valence electrons. The predicted molar refractivity (Wildman–Crippen MR) is 90.2 cm³/mol. The van der Waals surface area contributed by atoms with E-state index in [0.29, 0.717) is 0 Å². The second-order valence-corrected chi connectivity index (χ2v) is 11.0. The second-order valence-electron chi connectivity index (χ2n) is 6.50. The van der Waals surface area contributed by atoms with Gasteiger partial charge in [-0.15, -0.1) is 0 Å². The lowest BCUT2D eigenvalue weighted by atomic mass is 10.0. The van der Waals surface area contributed by atoms with Gasteiger partial charge < -0.3 is 9.74 Å². The number of benzene rings is 2. The quantitative estimate of drug-likeness (QED) is 0.807. The number of fused-ring (bicyclic) bond motifs is 1. The molecule has 1 amide bonds. The molecule has 0 radical (unpaired) electrons. The smallest absolute Gasteiger partial charge is 0.409 e. The van der Waals surface area contributed by atoms with E-state index in [0.717, 1.165) is 16.3 Å². The van der Waals surface area contributed by atoms with Crippen LogP contribution in [0.3, 0.4) is 0 Å². The summed E-state index contributed by atoms with van der Waals surface area (Å²) in [4.78, 5) is 11.1. The molecule has 0 unspecified atom stereocenters. The first-order valence-electron chi connectivity index (χ1n) is 7.58. The first kappa shape index (κ1) is 18.5. The molecule has 0 aliphatic rings. The zero-order chi connectivity index (χ0) is 18.0. The third kappa shape index (κ3) is 4.81. The Morgan fingerprint density at radius 3 is 2.38 bits per heavy atom. The zero-order valence-electron chi connectivity index (χ0n) is 13.8. The maximum atomic E-state index is 12.4. The van der Waals surface area contributed by atoms with Crippen molar-refractivity contribution in [1.29, 1.82) is 0 Å². The van der Waals surface area contributed by atoms with Gasteiger partial charge in [0.05, 0.1) is 6.10 Å². The van der Waals surface area contributed by atoms with Gasteiger partial charge in [0.15, 0.2) is 8.32 Å². The van der Waals surface area contributed by atoms with E-state index in [1.165, 1.54) is 0 Å². The number of amides is 1. The van der Waals surface area contributed by atoms with Gasteiger partial charge in [0.1, 0.15) is 0 Å². The Morgan fingerprint density at radius 2 is 1.75 bits per heavy atom. The molecule has 1 N–H and O–H groups in total. The fourth-order valence-electron chi connectivity index (χ4n) is 2.46. The monoisotopic (exact) mass is 355 g/mol. The van der Waals surface area contributed by atoms with Crippen LogP contribution in [0.2, 0.25) is 19.6 Å². The summed E-state index contributed by atoms with van der Waals surface area (Å²) >= 11 is 0. The Morgan fingerprint density at radius 1 is 1.12 bits per heavy atom. The van der Waals surface area contributed by atoms with Crippen molar-refractivity contribution in [2.75, 3.05) is 6.54 Å². The first-order chi connectivity index (χ1) is 11.1. The summed E-state index contributed by atoms with van der Waals surface area (Å²) in [6.45, 7) is 5.64. The van der Waals surface area contributed by atoms with Gasteiger partial charge in [0.25, 0.3) is 0 Å². The molecule has 0 aliphatic heterocycles.